The molecule has 0 aliphatic rings. The minimum absolute atomic E-state index is 0.238. The number of carbonyl (C=O) groups excluding carboxylic acids is 1. The molecular weight excluding hydrogens is 300 g/mol. The molecule has 0 aliphatic carbocycles. The highest BCUT2D eigenvalue weighted by atomic mass is 32.2. The topological polar surface area (TPSA) is 75.3 Å². The molecule has 22 heavy (non-hydrogen) atoms. The van der Waals surface area contributed by atoms with Gasteiger partial charge in [0.15, 0.2) is 0 Å². The van der Waals surface area contributed by atoms with Crippen molar-refractivity contribution in [2.75, 3.05) is 16.3 Å². The van der Waals surface area contributed by atoms with E-state index in [1.165, 1.54) is 0 Å². The van der Waals surface area contributed by atoms with Gasteiger partial charge in [-0.2, -0.15) is 0 Å². The Balaban J connectivity index is 2.17. The molecule has 5 nitrogen and oxygen atoms in total. The third-order valence-corrected chi connectivity index (χ3v) is 3.68. The maximum atomic E-state index is 12.2. The molecule has 2 N–H and O–H groups in total. The first kappa shape index (κ1) is 16.0. The zero-order chi connectivity index (χ0) is 16.3. The summed E-state index contributed by atoms with van der Waals surface area (Å²) < 4.78 is 24.9. The number of hydrogen-bond acceptors (Lipinski definition) is 3. The number of amides is 1. The zero-order valence-corrected chi connectivity index (χ0v) is 13.5. The van der Waals surface area contributed by atoms with Crippen LogP contribution in [0.15, 0.2) is 42.5 Å². The summed E-state index contributed by atoms with van der Waals surface area (Å²) in [5.41, 5.74) is 3.45. The predicted molar refractivity (Wildman–Crippen MR) is 88.8 cm³/mol. The van der Waals surface area contributed by atoms with Crippen LogP contribution < -0.4 is 10.0 Å². The van der Waals surface area contributed by atoms with Gasteiger partial charge < -0.3 is 5.32 Å². The van der Waals surface area contributed by atoms with E-state index in [9.17, 15) is 13.2 Å². The minimum Gasteiger partial charge on any atom is -0.322 e. The highest BCUT2D eigenvalue weighted by Gasteiger charge is 2.10. The van der Waals surface area contributed by atoms with Crippen molar-refractivity contribution in [2.45, 2.75) is 13.8 Å². The molecule has 0 aliphatic heterocycles. The lowest BCUT2D eigenvalue weighted by molar-refractivity contribution is 0.102. The summed E-state index contributed by atoms with van der Waals surface area (Å²) in [6.07, 6.45) is 1.09. The Morgan fingerprint density at radius 1 is 1.00 bits per heavy atom. The molecule has 0 fully saturated rings. The summed E-state index contributed by atoms with van der Waals surface area (Å²) in [7, 11) is -3.34. The number of benzene rings is 2. The molecule has 0 bridgehead atoms. The van der Waals surface area contributed by atoms with Crippen molar-refractivity contribution in [3.05, 3.63) is 59.2 Å². The Labute approximate surface area is 130 Å². The fourth-order valence-corrected chi connectivity index (χ4v) is 2.59. The predicted octanol–water partition coefficient (Wildman–Crippen LogP) is 2.93. The molecule has 0 radical (unpaired) electrons. The first-order valence-corrected chi connectivity index (χ1v) is 8.60. The molecule has 1 amide bonds. The average molecular weight is 318 g/mol. The number of nitrogens with one attached hydrogen (secondary N) is 2. The SMILES string of the molecule is Cc1ccc(NC(=O)c2ccc(NS(C)(=O)=O)c(C)c2)cc1. The highest BCUT2D eigenvalue weighted by molar-refractivity contribution is 7.92. The van der Waals surface area contributed by atoms with Gasteiger partial charge in [-0.1, -0.05) is 17.7 Å². The maximum Gasteiger partial charge on any atom is 0.255 e. The van der Waals surface area contributed by atoms with Crippen molar-refractivity contribution in [2.24, 2.45) is 0 Å². The van der Waals surface area contributed by atoms with Crippen molar-refractivity contribution >= 4 is 27.3 Å². The van der Waals surface area contributed by atoms with Crippen LogP contribution in [0.25, 0.3) is 0 Å². The molecule has 2 rings (SSSR count). The van der Waals surface area contributed by atoms with E-state index in [-0.39, 0.29) is 5.91 Å². The minimum atomic E-state index is -3.34. The Hall–Kier alpha value is -2.34. The van der Waals surface area contributed by atoms with Gasteiger partial charge >= 0.3 is 0 Å². The first-order chi connectivity index (χ1) is 10.2. The number of hydrogen-bond donors (Lipinski definition) is 2. The Morgan fingerprint density at radius 2 is 1.64 bits per heavy atom. The number of carbonyl (C=O) groups is 1. The molecule has 0 heterocycles. The van der Waals surface area contributed by atoms with Crippen molar-refractivity contribution in [3.8, 4) is 0 Å². The third-order valence-electron chi connectivity index (χ3n) is 3.09. The quantitative estimate of drug-likeness (QED) is 0.910. The van der Waals surface area contributed by atoms with E-state index >= 15 is 0 Å². The van der Waals surface area contributed by atoms with E-state index in [0.29, 0.717) is 22.5 Å². The standard InChI is InChI=1S/C16H18N2O3S/c1-11-4-7-14(8-5-11)17-16(19)13-6-9-15(12(2)10-13)18-22(3,20)21/h4-10,18H,1-3H3,(H,17,19). The Kier molecular flexibility index (Phi) is 4.51. The summed E-state index contributed by atoms with van der Waals surface area (Å²) in [5, 5.41) is 2.80. The van der Waals surface area contributed by atoms with Crippen LogP contribution in [-0.4, -0.2) is 20.6 Å². The summed E-state index contributed by atoms with van der Waals surface area (Å²) in [6, 6.07) is 12.3. The first-order valence-electron chi connectivity index (χ1n) is 6.71. The molecule has 6 heteroatoms. The van der Waals surface area contributed by atoms with Gasteiger partial charge in [-0.3, -0.25) is 9.52 Å². The lowest BCUT2D eigenvalue weighted by atomic mass is 10.1. The highest BCUT2D eigenvalue weighted by Crippen LogP contribution is 2.19. The third kappa shape index (κ3) is 4.33. The van der Waals surface area contributed by atoms with Gasteiger partial charge in [0, 0.05) is 11.3 Å². The lowest BCUT2D eigenvalue weighted by Crippen LogP contribution is -2.14. The fourth-order valence-electron chi connectivity index (χ4n) is 1.96. The molecule has 0 saturated heterocycles. The number of aryl methyl sites for hydroxylation is 2. The lowest BCUT2D eigenvalue weighted by Gasteiger charge is -2.10. The van der Waals surface area contributed by atoms with E-state index in [1.54, 1.807) is 25.1 Å². The molecular formula is C16H18N2O3S. The van der Waals surface area contributed by atoms with Crippen LogP contribution in [0.4, 0.5) is 11.4 Å². The van der Waals surface area contributed by atoms with E-state index in [1.807, 2.05) is 31.2 Å². The van der Waals surface area contributed by atoms with Gasteiger partial charge in [-0.05, 0) is 49.7 Å². The van der Waals surface area contributed by atoms with Crippen molar-refractivity contribution in [1.82, 2.24) is 0 Å². The summed E-state index contributed by atoms with van der Waals surface area (Å²) in [4.78, 5) is 12.2. The van der Waals surface area contributed by atoms with E-state index in [2.05, 4.69) is 10.0 Å². The zero-order valence-electron chi connectivity index (χ0n) is 12.7. The van der Waals surface area contributed by atoms with Crippen LogP contribution in [0.3, 0.4) is 0 Å². The number of rotatable bonds is 4. The Morgan fingerprint density at radius 3 is 2.18 bits per heavy atom. The monoisotopic (exact) mass is 318 g/mol. The summed E-state index contributed by atoms with van der Waals surface area (Å²) in [5.74, 6) is -0.238. The van der Waals surface area contributed by atoms with Gasteiger partial charge in [0.2, 0.25) is 10.0 Å². The molecule has 2 aromatic carbocycles. The molecule has 0 atom stereocenters. The van der Waals surface area contributed by atoms with Crippen LogP contribution in [0.2, 0.25) is 0 Å². The molecule has 2 aromatic rings. The molecule has 116 valence electrons. The second kappa shape index (κ2) is 6.19. The van der Waals surface area contributed by atoms with Crippen LogP contribution in [0, 0.1) is 13.8 Å². The fraction of sp³-hybridized carbons (Fsp3) is 0.188. The number of sulfonamides is 1. The molecule has 0 unspecified atom stereocenters. The molecule has 0 spiro atoms. The summed E-state index contributed by atoms with van der Waals surface area (Å²) >= 11 is 0. The van der Waals surface area contributed by atoms with Gasteiger partial charge in [-0.15, -0.1) is 0 Å². The second-order valence-corrected chi connectivity index (χ2v) is 6.97. The van der Waals surface area contributed by atoms with Crippen LogP contribution >= 0.6 is 0 Å². The maximum absolute atomic E-state index is 12.2. The Bertz CT molecular complexity index is 797. The van der Waals surface area contributed by atoms with E-state index < -0.39 is 10.0 Å². The van der Waals surface area contributed by atoms with Crippen molar-refractivity contribution in [1.29, 1.82) is 0 Å². The number of anilines is 2. The van der Waals surface area contributed by atoms with Crippen LogP contribution in [-0.2, 0) is 10.0 Å². The van der Waals surface area contributed by atoms with Gasteiger partial charge in [-0.25, -0.2) is 8.42 Å². The van der Waals surface area contributed by atoms with E-state index in [4.69, 9.17) is 0 Å². The van der Waals surface area contributed by atoms with Gasteiger partial charge in [0.1, 0.15) is 0 Å². The molecule has 0 saturated carbocycles. The average Bonchev–Trinajstić information content (AvgIpc) is 2.42. The van der Waals surface area contributed by atoms with Gasteiger partial charge in [0.05, 0.1) is 11.9 Å². The van der Waals surface area contributed by atoms with Crippen molar-refractivity contribution < 1.29 is 13.2 Å². The normalized spacial score (nSPS) is 11.0. The smallest absolute Gasteiger partial charge is 0.255 e. The van der Waals surface area contributed by atoms with Crippen LogP contribution in [0.5, 0.6) is 0 Å². The van der Waals surface area contributed by atoms with Crippen LogP contribution in [0.1, 0.15) is 21.5 Å². The largest absolute Gasteiger partial charge is 0.322 e. The van der Waals surface area contributed by atoms with Crippen molar-refractivity contribution in [3.63, 3.8) is 0 Å². The second-order valence-electron chi connectivity index (χ2n) is 5.22. The summed E-state index contributed by atoms with van der Waals surface area (Å²) in [6.45, 7) is 3.72. The van der Waals surface area contributed by atoms with E-state index in [0.717, 1.165) is 11.8 Å². The van der Waals surface area contributed by atoms with Gasteiger partial charge in [0.25, 0.3) is 5.91 Å². The molecule has 0 aromatic heterocycles.